The monoisotopic (exact) mass is 254 g/mol. The molecular formula is C13H18O5. The van der Waals surface area contributed by atoms with Crippen molar-refractivity contribution in [2.24, 2.45) is 0 Å². The van der Waals surface area contributed by atoms with Crippen molar-refractivity contribution in [3.63, 3.8) is 0 Å². The average Bonchev–Trinajstić information content (AvgIpc) is 2.29. The van der Waals surface area contributed by atoms with Crippen molar-refractivity contribution in [2.45, 2.75) is 32.3 Å². The number of carbonyl (C=O) groups is 2. The highest BCUT2D eigenvalue weighted by atomic mass is 16.6. The van der Waals surface area contributed by atoms with E-state index in [1.54, 1.807) is 32.1 Å². The largest absolute Gasteiger partial charge is 0.481 e. The molecule has 0 aromatic carbocycles. The van der Waals surface area contributed by atoms with Crippen LogP contribution in [0.4, 0.5) is 0 Å². The van der Waals surface area contributed by atoms with Crippen LogP contribution in [0.25, 0.3) is 0 Å². The standard InChI is InChI=1S/C13H18O5/c1-3-17-12(16)13(18-4-2)7-5-6-10(9-13)8-11(14)15/h5-7H,3-4,8-9H2,1-2H3,(H,14,15). The second kappa shape index (κ2) is 6.35. The highest BCUT2D eigenvalue weighted by molar-refractivity contribution is 5.83. The minimum absolute atomic E-state index is 0.0986. The highest BCUT2D eigenvalue weighted by Gasteiger charge is 2.40. The molecule has 1 N–H and O–H groups in total. The zero-order chi connectivity index (χ0) is 13.6. The van der Waals surface area contributed by atoms with Crippen molar-refractivity contribution in [3.8, 4) is 0 Å². The molecule has 0 fully saturated rings. The maximum atomic E-state index is 12.0. The molecule has 0 radical (unpaired) electrons. The molecule has 0 bridgehead atoms. The molecule has 5 heteroatoms. The van der Waals surface area contributed by atoms with Crippen LogP contribution in [0, 0.1) is 0 Å². The van der Waals surface area contributed by atoms with Crippen molar-refractivity contribution < 1.29 is 24.2 Å². The lowest BCUT2D eigenvalue weighted by Crippen LogP contribution is -2.42. The third-order valence-corrected chi connectivity index (χ3v) is 2.59. The average molecular weight is 254 g/mol. The Balaban J connectivity index is 2.88. The van der Waals surface area contributed by atoms with Crippen LogP contribution in [0.3, 0.4) is 0 Å². The molecule has 1 unspecified atom stereocenters. The molecule has 1 aliphatic rings. The third kappa shape index (κ3) is 3.43. The summed E-state index contributed by atoms with van der Waals surface area (Å²) in [6.45, 7) is 4.12. The van der Waals surface area contributed by atoms with Gasteiger partial charge < -0.3 is 14.6 Å². The van der Waals surface area contributed by atoms with Crippen LogP contribution in [0.15, 0.2) is 23.8 Å². The minimum atomic E-state index is -1.18. The van der Waals surface area contributed by atoms with Crippen LogP contribution in [-0.4, -0.2) is 35.9 Å². The zero-order valence-electron chi connectivity index (χ0n) is 10.6. The first kappa shape index (κ1) is 14.4. The van der Waals surface area contributed by atoms with E-state index in [9.17, 15) is 9.59 Å². The van der Waals surface area contributed by atoms with Gasteiger partial charge in [-0.3, -0.25) is 4.79 Å². The van der Waals surface area contributed by atoms with E-state index < -0.39 is 17.5 Å². The minimum Gasteiger partial charge on any atom is -0.481 e. The van der Waals surface area contributed by atoms with Crippen molar-refractivity contribution in [2.75, 3.05) is 13.2 Å². The lowest BCUT2D eigenvalue weighted by Gasteiger charge is -2.30. The Hall–Kier alpha value is -1.62. The van der Waals surface area contributed by atoms with Crippen LogP contribution >= 0.6 is 0 Å². The fourth-order valence-corrected chi connectivity index (χ4v) is 1.92. The van der Waals surface area contributed by atoms with Crippen LogP contribution in [0.2, 0.25) is 0 Å². The predicted octanol–water partition coefficient (Wildman–Crippen LogP) is 1.69. The summed E-state index contributed by atoms with van der Waals surface area (Å²) in [4.78, 5) is 22.7. The molecule has 18 heavy (non-hydrogen) atoms. The number of hydrogen-bond acceptors (Lipinski definition) is 4. The summed E-state index contributed by atoms with van der Waals surface area (Å²) < 4.78 is 10.5. The van der Waals surface area contributed by atoms with Gasteiger partial charge in [-0.15, -0.1) is 0 Å². The van der Waals surface area contributed by atoms with E-state index in [4.69, 9.17) is 14.6 Å². The van der Waals surface area contributed by atoms with Gasteiger partial charge in [0.2, 0.25) is 0 Å². The fraction of sp³-hybridized carbons (Fsp3) is 0.538. The number of rotatable bonds is 6. The SMILES string of the molecule is CCOC(=O)C1(OCC)C=CC=C(CC(=O)O)C1. The first-order chi connectivity index (χ1) is 8.54. The Bertz CT molecular complexity index is 383. The zero-order valence-corrected chi connectivity index (χ0v) is 10.6. The Kier molecular flexibility index (Phi) is 5.09. The Morgan fingerprint density at radius 2 is 2.11 bits per heavy atom. The van der Waals surface area contributed by atoms with Gasteiger partial charge in [-0.1, -0.05) is 17.7 Å². The molecule has 1 aliphatic carbocycles. The van der Waals surface area contributed by atoms with Gasteiger partial charge in [0.05, 0.1) is 13.0 Å². The molecule has 0 heterocycles. The summed E-state index contributed by atoms with van der Waals surface area (Å²) in [6, 6.07) is 0. The number of esters is 1. The second-order valence-corrected chi connectivity index (χ2v) is 3.97. The molecule has 100 valence electrons. The molecule has 5 nitrogen and oxygen atoms in total. The Morgan fingerprint density at radius 3 is 2.67 bits per heavy atom. The molecule has 1 rings (SSSR count). The van der Waals surface area contributed by atoms with E-state index in [1.807, 2.05) is 0 Å². The first-order valence-electron chi connectivity index (χ1n) is 5.94. The van der Waals surface area contributed by atoms with Crippen molar-refractivity contribution in [1.82, 2.24) is 0 Å². The summed E-state index contributed by atoms with van der Waals surface area (Å²) in [7, 11) is 0. The van der Waals surface area contributed by atoms with Crippen LogP contribution < -0.4 is 0 Å². The van der Waals surface area contributed by atoms with E-state index in [2.05, 4.69) is 0 Å². The van der Waals surface area contributed by atoms with Crippen LogP contribution in [0.1, 0.15) is 26.7 Å². The maximum absolute atomic E-state index is 12.0. The summed E-state index contributed by atoms with van der Waals surface area (Å²) in [6.07, 6.45) is 5.10. The maximum Gasteiger partial charge on any atom is 0.342 e. The quantitative estimate of drug-likeness (QED) is 0.730. The van der Waals surface area contributed by atoms with Crippen molar-refractivity contribution in [1.29, 1.82) is 0 Å². The van der Waals surface area contributed by atoms with Gasteiger partial charge in [-0.25, -0.2) is 4.79 Å². The van der Waals surface area contributed by atoms with Gasteiger partial charge in [-0.05, 0) is 19.9 Å². The number of ether oxygens (including phenoxy) is 2. The topological polar surface area (TPSA) is 72.8 Å². The smallest absolute Gasteiger partial charge is 0.342 e. The van der Waals surface area contributed by atoms with Gasteiger partial charge in [-0.2, -0.15) is 0 Å². The normalized spacial score (nSPS) is 22.4. The molecule has 0 aromatic heterocycles. The van der Waals surface area contributed by atoms with Crippen LogP contribution in [0.5, 0.6) is 0 Å². The second-order valence-electron chi connectivity index (χ2n) is 3.97. The fourth-order valence-electron chi connectivity index (χ4n) is 1.92. The molecule has 0 aromatic rings. The van der Waals surface area contributed by atoms with E-state index >= 15 is 0 Å². The lowest BCUT2D eigenvalue weighted by molar-refractivity contribution is -0.165. The number of carboxylic acid groups (broad SMARTS) is 1. The number of aliphatic carboxylic acids is 1. The van der Waals surface area contributed by atoms with E-state index in [-0.39, 0.29) is 19.4 Å². The van der Waals surface area contributed by atoms with E-state index in [0.29, 0.717) is 12.2 Å². The number of carboxylic acids is 1. The molecule has 1 atom stereocenters. The molecule has 0 saturated carbocycles. The molecule has 0 amide bonds. The number of carbonyl (C=O) groups excluding carboxylic acids is 1. The predicted molar refractivity (Wildman–Crippen MR) is 65.1 cm³/mol. The van der Waals surface area contributed by atoms with Crippen molar-refractivity contribution in [3.05, 3.63) is 23.8 Å². The molecule has 0 saturated heterocycles. The lowest BCUT2D eigenvalue weighted by atomic mass is 9.88. The third-order valence-electron chi connectivity index (χ3n) is 2.59. The van der Waals surface area contributed by atoms with Gasteiger partial charge in [0, 0.05) is 13.0 Å². The summed E-state index contributed by atoms with van der Waals surface area (Å²) in [5, 5.41) is 8.79. The summed E-state index contributed by atoms with van der Waals surface area (Å²) in [5.74, 6) is -1.40. The number of allylic oxidation sites excluding steroid dienone is 2. The molecular weight excluding hydrogens is 236 g/mol. The van der Waals surface area contributed by atoms with Crippen LogP contribution in [-0.2, 0) is 19.1 Å². The van der Waals surface area contributed by atoms with E-state index in [1.165, 1.54) is 0 Å². The van der Waals surface area contributed by atoms with Gasteiger partial charge >= 0.3 is 11.9 Å². The van der Waals surface area contributed by atoms with Gasteiger partial charge in [0.1, 0.15) is 0 Å². The molecule has 0 aliphatic heterocycles. The Labute approximate surface area is 106 Å². The van der Waals surface area contributed by atoms with E-state index in [0.717, 1.165) is 0 Å². The molecule has 0 spiro atoms. The Morgan fingerprint density at radius 1 is 1.39 bits per heavy atom. The summed E-state index contributed by atoms with van der Waals surface area (Å²) >= 11 is 0. The van der Waals surface area contributed by atoms with Gasteiger partial charge in [0.25, 0.3) is 0 Å². The highest BCUT2D eigenvalue weighted by Crippen LogP contribution is 2.30. The summed E-state index contributed by atoms with van der Waals surface area (Å²) in [5.41, 5.74) is -0.531. The number of hydrogen-bond donors (Lipinski definition) is 1. The van der Waals surface area contributed by atoms with Crippen molar-refractivity contribution >= 4 is 11.9 Å². The van der Waals surface area contributed by atoms with Gasteiger partial charge in [0.15, 0.2) is 5.60 Å². The first-order valence-corrected chi connectivity index (χ1v) is 5.94.